The predicted molar refractivity (Wildman–Crippen MR) is 32.6 cm³/mol. The lowest BCUT2D eigenvalue weighted by Crippen LogP contribution is -2.03. The lowest BCUT2D eigenvalue weighted by atomic mass is 10.3. The maximum atomic E-state index is 10.5. The van der Waals surface area contributed by atoms with Gasteiger partial charge in [-0.2, -0.15) is 4.89 Å². The highest BCUT2D eigenvalue weighted by Crippen LogP contribution is 1.90. The molecule has 0 heterocycles. The Balaban J connectivity index is 3.06. The fourth-order valence-electron chi connectivity index (χ4n) is 0.370. The summed E-state index contributed by atoms with van der Waals surface area (Å²) in [4.78, 5) is 19.1. The maximum Gasteiger partial charge on any atom is 0.342 e. The second-order valence-electron chi connectivity index (χ2n) is 1.61. The van der Waals surface area contributed by atoms with Gasteiger partial charge in [-0.05, 0) is 13.3 Å². The standard InChI is InChI=1S/C6H12O3/c1-3-5-6(7)9-8-4-2/h3-5H2,1-2H3. The second kappa shape index (κ2) is 5.56. The van der Waals surface area contributed by atoms with Gasteiger partial charge in [0.05, 0.1) is 6.61 Å². The topological polar surface area (TPSA) is 35.5 Å². The Morgan fingerprint density at radius 1 is 1.44 bits per heavy atom. The summed E-state index contributed by atoms with van der Waals surface area (Å²) in [6.45, 7) is 4.09. The highest BCUT2D eigenvalue weighted by molar-refractivity contribution is 5.68. The molecule has 0 bridgehead atoms. The van der Waals surface area contributed by atoms with Crippen LogP contribution in [0.1, 0.15) is 26.7 Å². The van der Waals surface area contributed by atoms with Crippen LogP contribution in [0, 0.1) is 0 Å². The van der Waals surface area contributed by atoms with Crippen LogP contribution < -0.4 is 0 Å². The van der Waals surface area contributed by atoms with Crippen molar-refractivity contribution in [1.82, 2.24) is 0 Å². The van der Waals surface area contributed by atoms with Crippen molar-refractivity contribution in [3.8, 4) is 0 Å². The van der Waals surface area contributed by atoms with Crippen molar-refractivity contribution in [2.45, 2.75) is 26.7 Å². The van der Waals surface area contributed by atoms with Gasteiger partial charge >= 0.3 is 5.97 Å². The average molecular weight is 132 g/mol. The Labute approximate surface area is 54.9 Å². The van der Waals surface area contributed by atoms with Crippen molar-refractivity contribution in [2.24, 2.45) is 0 Å². The van der Waals surface area contributed by atoms with Gasteiger partial charge in [-0.15, -0.1) is 0 Å². The van der Waals surface area contributed by atoms with Gasteiger partial charge in [0, 0.05) is 6.42 Å². The van der Waals surface area contributed by atoms with E-state index in [9.17, 15) is 4.79 Å². The number of hydrogen-bond acceptors (Lipinski definition) is 3. The number of carbonyl (C=O) groups is 1. The smallest absolute Gasteiger partial charge is 0.298 e. The summed E-state index contributed by atoms with van der Waals surface area (Å²) in [5.74, 6) is -0.292. The SMILES string of the molecule is CCCC(=O)OOCC. The first-order valence-electron chi connectivity index (χ1n) is 3.13. The largest absolute Gasteiger partial charge is 0.342 e. The minimum absolute atomic E-state index is 0.292. The van der Waals surface area contributed by atoms with Crippen molar-refractivity contribution in [3.05, 3.63) is 0 Å². The molecule has 0 fully saturated rings. The van der Waals surface area contributed by atoms with Gasteiger partial charge in [-0.3, -0.25) is 4.89 Å². The van der Waals surface area contributed by atoms with E-state index < -0.39 is 0 Å². The normalized spacial score (nSPS) is 9.11. The number of rotatable bonds is 4. The summed E-state index contributed by atoms with van der Waals surface area (Å²) in [6.07, 6.45) is 1.23. The molecule has 3 nitrogen and oxygen atoms in total. The Morgan fingerprint density at radius 3 is 2.56 bits per heavy atom. The van der Waals surface area contributed by atoms with Gasteiger partial charge in [-0.25, -0.2) is 4.79 Å². The molecule has 0 saturated heterocycles. The van der Waals surface area contributed by atoms with Crippen LogP contribution >= 0.6 is 0 Å². The van der Waals surface area contributed by atoms with E-state index in [4.69, 9.17) is 0 Å². The highest BCUT2D eigenvalue weighted by atomic mass is 17.2. The summed E-state index contributed by atoms with van der Waals surface area (Å²) >= 11 is 0. The van der Waals surface area contributed by atoms with Gasteiger partial charge in [0.2, 0.25) is 0 Å². The molecular weight excluding hydrogens is 120 g/mol. The van der Waals surface area contributed by atoms with Gasteiger partial charge in [0.15, 0.2) is 0 Å². The van der Waals surface area contributed by atoms with E-state index in [1.165, 1.54) is 0 Å². The van der Waals surface area contributed by atoms with Gasteiger partial charge in [-0.1, -0.05) is 6.92 Å². The molecule has 0 aliphatic rings. The van der Waals surface area contributed by atoms with E-state index in [1.807, 2.05) is 6.92 Å². The van der Waals surface area contributed by atoms with E-state index in [0.29, 0.717) is 13.0 Å². The fourth-order valence-corrected chi connectivity index (χ4v) is 0.370. The van der Waals surface area contributed by atoms with Crippen LogP contribution in [0.25, 0.3) is 0 Å². The monoisotopic (exact) mass is 132 g/mol. The van der Waals surface area contributed by atoms with Crippen molar-refractivity contribution < 1.29 is 14.6 Å². The molecule has 0 aromatic rings. The molecule has 0 saturated carbocycles. The maximum absolute atomic E-state index is 10.5. The molecule has 54 valence electrons. The molecule has 0 aliphatic carbocycles. The molecule has 0 amide bonds. The summed E-state index contributed by atoms with van der Waals surface area (Å²) in [5, 5.41) is 0. The van der Waals surface area contributed by atoms with Gasteiger partial charge in [0.25, 0.3) is 0 Å². The summed E-state index contributed by atoms with van der Waals surface area (Å²) in [6, 6.07) is 0. The number of carbonyl (C=O) groups excluding carboxylic acids is 1. The van der Waals surface area contributed by atoms with E-state index in [0.717, 1.165) is 6.42 Å². The molecule has 0 unspecified atom stereocenters. The molecule has 0 aromatic carbocycles. The Morgan fingerprint density at radius 2 is 2.11 bits per heavy atom. The zero-order valence-electron chi connectivity index (χ0n) is 5.85. The van der Waals surface area contributed by atoms with Crippen LogP contribution in [-0.2, 0) is 14.6 Å². The van der Waals surface area contributed by atoms with E-state index >= 15 is 0 Å². The molecule has 0 rings (SSSR count). The second-order valence-corrected chi connectivity index (χ2v) is 1.61. The van der Waals surface area contributed by atoms with E-state index in [2.05, 4.69) is 9.78 Å². The molecular formula is C6H12O3. The zero-order chi connectivity index (χ0) is 7.11. The quantitative estimate of drug-likeness (QED) is 0.427. The third-order valence-electron chi connectivity index (χ3n) is 0.724. The fraction of sp³-hybridized carbons (Fsp3) is 0.833. The van der Waals surface area contributed by atoms with Gasteiger partial charge in [0.1, 0.15) is 0 Å². The first-order chi connectivity index (χ1) is 4.31. The zero-order valence-corrected chi connectivity index (χ0v) is 5.85. The molecule has 0 N–H and O–H groups in total. The van der Waals surface area contributed by atoms with E-state index in [-0.39, 0.29) is 5.97 Å². The van der Waals surface area contributed by atoms with Crippen molar-refractivity contribution >= 4 is 5.97 Å². The highest BCUT2D eigenvalue weighted by Gasteiger charge is 1.98. The van der Waals surface area contributed by atoms with Crippen LogP contribution in [-0.4, -0.2) is 12.6 Å². The van der Waals surface area contributed by atoms with Gasteiger partial charge < -0.3 is 0 Å². The Bertz CT molecular complexity index is 80.4. The van der Waals surface area contributed by atoms with Crippen LogP contribution in [0.5, 0.6) is 0 Å². The molecule has 9 heavy (non-hydrogen) atoms. The van der Waals surface area contributed by atoms with Crippen LogP contribution in [0.2, 0.25) is 0 Å². The third-order valence-corrected chi connectivity index (χ3v) is 0.724. The first kappa shape index (κ1) is 8.43. The predicted octanol–water partition coefficient (Wildman–Crippen LogP) is 1.28. The Hall–Kier alpha value is -0.570. The third kappa shape index (κ3) is 5.30. The molecule has 0 spiro atoms. The molecule has 0 atom stereocenters. The average Bonchev–Trinajstić information content (AvgIpc) is 1.85. The lowest BCUT2D eigenvalue weighted by Gasteiger charge is -1.97. The molecule has 3 heteroatoms. The minimum atomic E-state index is -0.292. The number of hydrogen-bond donors (Lipinski definition) is 0. The van der Waals surface area contributed by atoms with Crippen molar-refractivity contribution in [2.75, 3.05) is 6.61 Å². The summed E-state index contributed by atoms with van der Waals surface area (Å²) in [7, 11) is 0. The summed E-state index contributed by atoms with van der Waals surface area (Å²) < 4.78 is 0. The molecule has 0 aliphatic heterocycles. The van der Waals surface area contributed by atoms with Crippen LogP contribution in [0.4, 0.5) is 0 Å². The van der Waals surface area contributed by atoms with Crippen molar-refractivity contribution in [3.63, 3.8) is 0 Å². The van der Waals surface area contributed by atoms with Crippen LogP contribution in [0.3, 0.4) is 0 Å². The lowest BCUT2D eigenvalue weighted by molar-refractivity contribution is -0.269. The molecule has 0 aromatic heterocycles. The van der Waals surface area contributed by atoms with Crippen molar-refractivity contribution in [1.29, 1.82) is 0 Å². The van der Waals surface area contributed by atoms with E-state index in [1.54, 1.807) is 6.92 Å². The Kier molecular flexibility index (Phi) is 5.21. The van der Waals surface area contributed by atoms with Crippen LogP contribution in [0.15, 0.2) is 0 Å². The minimum Gasteiger partial charge on any atom is -0.298 e. The first-order valence-corrected chi connectivity index (χ1v) is 3.13. The summed E-state index contributed by atoms with van der Waals surface area (Å²) in [5.41, 5.74) is 0. The molecule has 0 radical (unpaired) electrons.